The van der Waals surface area contributed by atoms with Crippen molar-refractivity contribution in [1.29, 1.82) is 0 Å². The largest absolute Gasteiger partial charge is 0.272 e. The molecule has 0 saturated heterocycles. The third-order valence-electron chi connectivity index (χ3n) is 2.58. The van der Waals surface area contributed by atoms with E-state index in [9.17, 15) is 4.79 Å². The Balaban J connectivity index is 2.26. The fourth-order valence-electron chi connectivity index (χ4n) is 1.83. The van der Waals surface area contributed by atoms with Gasteiger partial charge in [-0.15, -0.1) is 0 Å². The van der Waals surface area contributed by atoms with Crippen LogP contribution in [0.25, 0.3) is 0 Å². The predicted octanol–water partition coefficient (Wildman–Crippen LogP) is 1.94. The average molecular weight is 202 g/mol. The molecule has 0 aromatic heterocycles. The first-order chi connectivity index (χ1) is 7.33. The van der Waals surface area contributed by atoms with E-state index in [0.29, 0.717) is 0 Å². The Morgan fingerprint density at radius 3 is 2.73 bits per heavy atom. The second-order valence-electron chi connectivity index (χ2n) is 3.68. The molecule has 1 aliphatic rings. The van der Waals surface area contributed by atoms with Crippen molar-refractivity contribution in [3.63, 3.8) is 0 Å². The first kappa shape index (κ1) is 9.90. The number of nitrogens with one attached hydrogen (secondary N) is 1. The summed E-state index contributed by atoms with van der Waals surface area (Å²) in [7, 11) is 0. The Kier molecular flexibility index (Phi) is 2.81. The maximum absolute atomic E-state index is 11.5. The van der Waals surface area contributed by atoms with Gasteiger partial charge < -0.3 is 0 Å². The standard InChI is InChI=1S/C12H14N2O/c1-2-6-10-11(13-14-12(10)15)9-7-4-3-5-8-9/h3-5,7-8,10H,2,6H2,1H3,(H,14,15)/t10-/m0/s1. The SMILES string of the molecule is CCC[C@@H]1C(=O)NN=C1c1ccccc1. The number of carbonyl (C=O) groups excluding carboxylic acids is 1. The molecular weight excluding hydrogens is 188 g/mol. The monoisotopic (exact) mass is 202 g/mol. The summed E-state index contributed by atoms with van der Waals surface area (Å²) in [6.07, 6.45) is 1.85. The van der Waals surface area contributed by atoms with Crippen LogP contribution in [0.4, 0.5) is 0 Å². The highest BCUT2D eigenvalue weighted by atomic mass is 16.2. The van der Waals surface area contributed by atoms with Gasteiger partial charge in [0.15, 0.2) is 0 Å². The Hall–Kier alpha value is -1.64. The van der Waals surface area contributed by atoms with Crippen molar-refractivity contribution < 1.29 is 4.79 Å². The highest BCUT2D eigenvalue weighted by Crippen LogP contribution is 2.19. The summed E-state index contributed by atoms with van der Waals surface area (Å²) in [6.45, 7) is 2.08. The summed E-state index contributed by atoms with van der Waals surface area (Å²) in [6, 6.07) is 9.86. The van der Waals surface area contributed by atoms with E-state index in [4.69, 9.17) is 0 Å². The summed E-state index contributed by atoms with van der Waals surface area (Å²) in [4.78, 5) is 11.5. The molecule has 0 bridgehead atoms. The Morgan fingerprint density at radius 1 is 1.33 bits per heavy atom. The van der Waals surface area contributed by atoms with Crippen LogP contribution < -0.4 is 5.43 Å². The molecule has 0 unspecified atom stereocenters. The zero-order valence-corrected chi connectivity index (χ0v) is 8.73. The van der Waals surface area contributed by atoms with Gasteiger partial charge in [-0.3, -0.25) is 4.79 Å². The van der Waals surface area contributed by atoms with Gasteiger partial charge in [0, 0.05) is 0 Å². The summed E-state index contributed by atoms with van der Waals surface area (Å²) in [5.74, 6) is -0.0481. The van der Waals surface area contributed by atoms with E-state index in [1.54, 1.807) is 0 Å². The highest BCUT2D eigenvalue weighted by Gasteiger charge is 2.29. The van der Waals surface area contributed by atoms with E-state index >= 15 is 0 Å². The topological polar surface area (TPSA) is 41.5 Å². The number of rotatable bonds is 3. The van der Waals surface area contributed by atoms with Crippen LogP contribution >= 0.6 is 0 Å². The molecule has 3 nitrogen and oxygen atoms in total. The molecule has 2 rings (SSSR count). The minimum Gasteiger partial charge on any atom is -0.272 e. The highest BCUT2D eigenvalue weighted by molar-refractivity contribution is 6.16. The first-order valence-electron chi connectivity index (χ1n) is 5.25. The second-order valence-corrected chi connectivity index (χ2v) is 3.68. The Bertz CT molecular complexity index is 384. The molecule has 1 aliphatic heterocycles. The Labute approximate surface area is 89.2 Å². The van der Waals surface area contributed by atoms with E-state index in [1.165, 1.54) is 0 Å². The molecule has 0 saturated carbocycles. The van der Waals surface area contributed by atoms with Crippen LogP contribution in [0.2, 0.25) is 0 Å². The van der Waals surface area contributed by atoms with Crippen molar-refractivity contribution in [2.24, 2.45) is 11.0 Å². The summed E-state index contributed by atoms with van der Waals surface area (Å²) < 4.78 is 0. The number of benzene rings is 1. The zero-order chi connectivity index (χ0) is 10.7. The van der Waals surface area contributed by atoms with Gasteiger partial charge in [0.1, 0.15) is 0 Å². The van der Waals surface area contributed by atoms with Crippen LogP contribution in [0.3, 0.4) is 0 Å². The van der Waals surface area contributed by atoms with Gasteiger partial charge in [-0.2, -0.15) is 5.10 Å². The Morgan fingerprint density at radius 2 is 2.07 bits per heavy atom. The third-order valence-corrected chi connectivity index (χ3v) is 2.58. The lowest BCUT2D eigenvalue weighted by Gasteiger charge is -2.08. The maximum Gasteiger partial charge on any atom is 0.249 e. The molecule has 0 fully saturated rings. The minimum absolute atomic E-state index is 0.0238. The molecule has 1 atom stereocenters. The minimum atomic E-state index is -0.0719. The number of amides is 1. The van der Waals surface area contributed by atoms with E-state index in [-0.39, 0.29) is 11.8 Å². The number of carbonyl (C=O) groups is 1. The van der Waals surface area contributed by atoms with Crippen LogP contribution in [-0.2, 0) is 4.79 Å². The van der Waals surface area contributed by atoms with Crippen LogP contribution in [0.1, 0.15) is 25.3 Å². The van der Waals surface area contributed by atoms with Gasteiger partial charge in [0.05, 0.1) is 11.6 Å². The van der Waals surface area contributed by atoms with Crippen molar-refractivity contribution in [2.45, 2.75) is 19.8 Å². The number of nitrogens with zero attached hydrogens (tertiary/aromatic N) is 1. The fourth-order valence-corrected chi connectivity index (χ4v) is 1.83. The predicted molar refractivity (Wildman–Crippen MR) is 59.5 cm³/mol. The van der Waals surface area contributed by atoms with E-state index in [0.717, 1.165) is 24.1 Å². The smallest absolute Gasteiger partial charge is 0.249 e. The molecule has 3 heteroatoms. The van der Waals surface area contributed by atoms with E-state index < -0.39 is 0 Å². The summed E-state index contributed by atoms with van der Waals surface area (Å²) >= 11 is 0. The van der Waals surface area contributed by atoms with Gasteiger partial charge >= 0.3 is 0 Å². The molecular formula is C12H14N2O. The maximum atomic E-state index is 11.5. The van der Waals surface area contributed by atoms with Crippen molar-refractivity contribution >= 4 is 11.6 Å². The molecule has 78 valence electrons. The van der Waals surface area contributed by atoms with Crippen molar-refractivity contribution in [3.05, 3.63) is 35.9 Å². The normalized spacial score (nSPS) is 19.9. The lowest BCUT2D eigenvalue weighted by atomic mass is 9.93. The lowest BCUT2D eigenvalue weighted by Crippen LogP contribution is -2.23. The molecule has 1 N–H and O–H groups in total. The van der Waals surface area contributed by atoms with E-state index in [2.05, 4.69) is 17.5 Å². The van der Waals surface area contributed by atoms with Crippen molar-refractivity contribution in [3.8, 4) is 0 Å². The van der Waals surface area contributed by atoms with Crippen molar-refractivity contribution in [2.75, 3.05) is 0 Å². The quantitative estimate of drug-likeness (QED) is 0.799. The molecule has 0 aliphatic carbocycles. The summed E-state index contributed by atoms with van der Waals surface area (Å²) in [5, 5.41) is 4.10. The zero-order valence-electron chi connectivity index (χ0n) is 8.73. The number of hydrazone groups is 1. The average Bonchev–Trinajstić information content (AvgIpc) is 2.63. The molecule has 0 radical (unpaired) electrons. The van der Waals surface area contributed by atoms with Gasteiger partial charge in [0.2, 0.25) is 5.91 Å². The number of hydrogen-bond donors (Lipinski definition) is 1. The van der Waals surface area contributed by atoms with Crippen molar-refractivity contribution in [1.82, 2.24) is 5.43 Å². The third kappa shape index (κ3) is 1.91. The second kappa shape index (κ2) is 4.26. The molecule has 1 aromatic carbocycles. The van der Waals surface area contributed by atoms with Crippen LogP contribution in [0.5, 0.6) is 0 Å². The molecule has 1 heterocycles. The van der Waals surface area contributed by atoms with Gasteiger partial charge in [-0.05, 0) is 12.0 Å². The fraction of sp³-hybridized carbons (Fsp3) is 0.333. The van der Waals surface area contributed by atoms with Gasteiger partial charge in [0.25, 0.3) is 0 Å². The first-order valence-corrected chi connectivity index (χ1v) is 5.25. The lowest BCUT2D eigenvalue weighted by molar-refractivity contribution is -0.122. The molecule has 0 spiro atoms. The number of hydrogen-bond acceptors (Lipinski definition) is 2. The summed E-state index contributed by atoms with van der Waals surface area (Å²) in [5.41, 5.74) is 4.47. The molecule has 15 heavy (non-hydrogen) atoms. The van der Waals surface area contributed by atoms with E-state index in [1.807, 2.05) is 30.3 Å². The van der Waals surface area contributed by atoms with Gasteiger partial charge in [-0.25, -0.2) is 5.43 Å². The molecule has 1 amide bonds. The molecule has 1 aromatic rings. The van der Waals surface area contributed by atoms with Crippen LogP contribution in [0.15, 0.2) is 35.4 Å². The van der Waals surface area contributed by atoms with Crippen LogP contribution in [-0.4, -0.2) is 11.6 Å². The van der Waals surface area contributed by atoms with Gasteiger partial charge in [-0.1, -0.05) is 43.7 Å². The van der Waals surface area contributed by atoms with Crippen LogP contribution in [0, 0.1) is 5.92 Å².